The average Bonchev–Trinajstić information content (AvgIpc) is 2.48. The van der Waals surface area contributed by atoms with Gasteiger partial charge in [0.1, 0.15) is 0 Å². The van der Waals surface area contributed by atoms with Gasteiger partial charge in [-0.25, -0.2) is 0 Å². The van der Waals surface area contributed by atoms with Gasteiger partial charge in [0.2, 0.25) is 0 Å². The van der Waals surface area contributed by atoms with Gasteiger partial charge in [-0.1, -0.05) is 36.7 Å². The van der Waals surface area contributed by atoms with E-state index in [0.29, 0.717) is 0 Å². The minimum Gasteiger partial charge on any atom is -0.399 e. The Morgan fingerprint density at radius 1 is 1.11 bits per heavy atom. The van der Waals surface area contributed by atoms with Crippen LogP contribution in [0.25, 0.3) is 0 Å². The van der Waals surface area contributed by atoms with E-state index in [1.54, 1.807) is 0 Å². The van der Waals surface area contributed by atoms with E-state index >= 15 is 0 Å². The Morgan fingerprint density at radius 3 is 2.17 bits per heavy atom. The number of rotatable bonds is 2. The average molecular weight is 267 g/mol. The van der Waals surface area contributed by atoms with Gasteiger partial charge in [-0.15, -0.1) is 0 Å². The summed E-state index contributed by atoms with van der Waals surface area (Å²) in [7, 11) is -0.381. The van der Waals surface area contributed by atoms with Crippen LogP contribution in [-0.4, -0.2) is 18.3 Å². The van der Waals surface area contributed by atoms with Crippen molar-refractivity contribution in [3.63, 3.8) is 0 Å². The smallest absolute Gasteiger partial charge is 0.399 e. The zero-order valence-corrected chi connectivity index (χ0v) is 12.5. The topological polar surface area (TPSA) is 18.5 Å². The molecule has 0 N–H and O–H groups in total. The highest BCUT2D eigenvalue weighted by molar-refractivity contribution is 6.65. The molecule has 1 fully saturated rings. The van der Waals surface area contributed by atoms with Crippen LogP contribution in [0.4, 0.5) is 0 Å². The third-order valence-electron chi connectivity index (χ3n) is 4.00. The normalized spacial score (nSPS) is 21.3. The summed E-state index contributed by atoms with van der Waals surface area (Å²) in [6, 6.07) is 6.02. The van der Waals surface area contributed by atoms with Crippen LogP contribution in [0.1, 0.15) is 40.2 Å². The molecule has 1 aromatic carbocycles. The van der Waals surface area contributed by atoms with E-state index in [1.807, 2.05) is 45.9 Å². The highest BCUT2D eigenvalue weighted by Gasteiger charge is 2.52. The molecule has 1 saturated heterocycles. The van der Waals surface area contributed by atoms with Crippen LogP contribution in [-0.2, 0) is 15.7 Å². The van der Waals surface area contributed by atoms with Crippen molar-refractivity contribution in [1.29, 1.82) is 0 Å². The fourth-order valence-corrected chi connectivity index (χ4v) is 2.37. The van der Waals surface area contributed by atoms with Crippen molar-refractivity contribution < 1.29 is 9.31 Å². The van der Waals surface area contributed by atoms with Crippen molar-refractivity contribution in [3.8, 4) is 0 Å². The van der Waals surface area contributed by atoms with Crippen LogP contribution in [0, 0.1) is 0 Å². The highest BCUT2D eigenvalue weighted by atomic mass is 35.5. The molecule has 0 unspecified atom stereocenters. The van der Waals surface area contributed by atoms with Gasteiger partial charge >= 0.3 is 7.12 Å². The van der Waals surface area contributed by atoms with Crippen LogP contribution in [0.15, 0.2) is 18.2 Å². The zero-order valence-electron chi connectivity index (χ0n) is 11.7. The predicted molar refractivity (Wildman–Crippen MR) is 76.5 cm³/mol. The summed E-state index contributed by atoms with van der Waals surface area (Å²) in [5.74, 6) is 0. The second-order valence-electron chi connectivity index (χ2n) is 5.76. The van der Waals surface area contributed by atoms with Crippen molar-refractivity contribution in [2.75, 3.05) is 0 Å². The van der Waals surface area contributed by atoms with Crippen LogP contribution < -0.4 is 5.46 Å². The molecule has 18 heavy (non-hydrogen) atoms. The maximum atomic E-state index is 6.42. The SMILES string of the molecule is CCc1cccc(B2OC(C)(C)C(C)(C)O2)c1Cl. The largest absolute Gasteiger partial charge is 0.496 e. The van der Waals surface area contributed by atoms with Crippen molar-refractivity contribution in [1.82, 2.24) is 0 Å². The van der Waals surface area contributed by atoms with E-state index in [2.05, 4.69) is 6.92 Å². The van der Waals surface area contributed by atoms with E-state index in [-0.39, 0.29) is 18.3 Å². The number of aryl methyl sites for hydroxylation is 1. The molecule has 0 radical (unpaired) electrons. The lowest BCUT2D eigenvalue weighted by molar-refractivity contribution is 0.00578. The number of halogens is 1. The second-order valence-corrected chi connectivity index (χ2v) is 6.14. The fourth-order valence-electron chi connectivity index (χ4n) is 2.02. The predicted octanol–water partition coefficient (Wildman–Crippen LogP) is 3.20. The van der Waals surface area contributed by atoms with Crippen molar-refractivity contribution >= 4 is 24.2 Å². The van der Waals surface area contributed by atoms with E-state index in [4.69, 9.17) is 20.9 Å². The molecular weight excluding hydrogens is 246 g/mol. The highest BCUT2D eigenvalue weighted by Crippen LogP contribution is 2.37. The van der Waals surface area contributed by atoms with Crippen LogP contribution in [0.5, 0.6) is 0 Å². The van der Waals surface area contributed by atoms with Crippen LogP contribution in [0.2, 0.25) is 5.02 Å². The summed E-state index contributed by atoms with van der Waals surface area (Å²) in [5, 5.41) is 0.763. The molecule has 4 heteroatoms. The molecule has 1 aromatic rings. The van der Waals surface area contributed by atoms with E-state index < -0.39 is 0 Å². The Bertz CT molecular complexity index is 441. The molecule has 2 rings (SSSR count). The number of hydrogen-bond acceptors (Lipinski definition) is 2. The van der Waals surface area contributed by atoms with Gasteiger partial charge < -0.3 is 9.31 Å². The first-order chi connectivity index (χ1) is 8.28. The molecular formula is C14H20BClO2. The quantitative estimate of drug-likeness (QED) is 0.765. The standard InChI is InChI=1S/C14H20BClO2/c1-6-10-8-7-9-11(12(10)16)15-17-13(2,3)14(4,5)18-15/h7-9H,6H2,1-5H3. The van der Waals surface area contributed by atoms with Gasteiger partial charge in [-0.3, -0.25) is 0 Å². The Morgan fingerprint density at radius 2 is 1.67 bits per heavy atom. The van der Waals surface area contributed by atoms with Gasteiger partial charge in [0.25, 0.3) is 0 Å². The molecule has 0 atom stereocenters. The molecule has 0 aromatic heterocycles. The molecule has 1 aliphatic rings. The Kier molecular flexibility index (Phi) is 3.52. The molecule has 98 valence electrons. The van der Waals surface area contributed by atoms with Gasteiger partial charge in [-0.2, -0.15) is 0 Å². The van der Waals surface area contributed by atoms with E-state index in [0.717, 1.165) is 22.5 Å². The minimum absolute atomic E-state index is 0.330. The maximum Gasteiger partial charge on any atom is 0.496 e. The van der Waals surface area contributed by atoms with Crippen molar-refractivity contribution in [3.05, 3.63) is 28.8 Å². The lowest BCUT2D eigenvalue weighted by Gasteiger charge is -2.32. The molecule has 1 heterocycles. The minimum atomic E-state index is -0.381. The number of benzene rings is 1. The molecule has 2 nitrogen and oxygen atoms in total. The maximum absolute atomic E-state index is 6.42. The molecule has 0 spiro atoms. The van der Waals surface area contributed by atoms with Gasteiger partial charge in [0, 0.05) is 10.5 Å². The number of hydrogen-bond donors (Lipinski definition) is 0. The third-order valence-corrected chi connectivity index (χ3v) is 4.46. The first kappa shape index (κ1) is 13.9. The van der Waals surface area contributed by atoms with Crippen molar-refractivity contribution in [2.24, 2.45) is 0 Å². The van der Waals surface area contributed by atoms with Crippen LogP contribution in [0.3, 0.4) is 0 Å². The molecule has 0 amide bonds. The zero-order chi connectivity index (χ0) is 13.6. The lowest BCUT2D eigenvalue weighted by Crippen LogP contribution is -2.41. The first-order valence-electron chi connectivity index (χ1n) is 6.41. The Labute approximate surface area is 115 Å². The van der Waals surface area contributed by atoms with Gasteiger partial charge in [0.05, 0.1) is 11.2 Å². The molecule has 0 saturated carbocycles. The summed E-state index contributed by atoms with van der Waals surface area (Å²) < 4.78 is 12.0. The fraction of sp³-hybridized carbons (Fsp3) is 0.571. The molecule has 0 bridgehead atoms. The Hall–Kier alpha value is -0.505. The second kappa shape index (κ2) is 4.55. The van der Waals surface area contributed by atoms with Crippen molar-refractivity contribution in [2.45, 2.75) is 52.2 Å². The Balaban J connectivity index is 2.35. The first-order valence-corrected chi connectivity index (χ1v) is 6.79. The molecule has 1 aliphatic heterocycles. The lowest BCUT2D eigenvalue weighted by atomic mass is 9.78. The van der Waals surface area contributed by atoms with E-state index in [9.17, 15) is 0 Å². The summed E-state index contributed by atoms with van der Waals surface area (Å²) >= 11 is 6.42. The monoisotopic (exact) mass is 266 g/mol. The van der Waals surface area contributed by atoms with Gasteiger partial charge in [-0.05, 0) is 39.7 Å². The third kappa shape index (κ3) is 2.20. The van der Waals surface area contributed by atoms with Gasteiger partial charge in [0.15, 0.2) is 0 Å². The summed E-state index contributed by atoms with van der Waals surface area (Å²) in [6.45, 7) is 10.3. The summed E-state index contributed by atoms with van der Waals surface area (Å²) in [6.07, 6.45) is 0.909. The summed E-state index contributed by atoms with van der Waals surface area (Å²) in [5.41, 5.74) is 1.39. The van der Waals surface area contributed by atoms with Crippen LogP contribution >= 0.6 is 11.6 Å². The summed E-state index contributed by atoms with van der Waals surface area (Å²) in [4.78, 5) is 0. The molecule has 0 aliphatic carbocycles. The van der Waals surface area contributed by atoms with E-state index in [1.165, 1.54) is 0 Å².